The van der Waals surface area contributed by atoms with E-state index in [1.54, 1.807) is 18.2 Å². The molecule has 1 aromatic heterocycles. The van der Waals surface area contributed by atoms with E-state index in [0.717, 1.165) is 0 Å². The highest BCUT2D eigenvalue weighted by Gasteiger charge is 2.15. The summed E-state index contributed by atoms with van der Waals surface area (Å²) in [4.78, 5) is 13.6. The zero-order valence-electron chi connectivity index (χ0n) is 7.04. The van der Waals surface area contributed by atoms with Gasteiger partial charge in [0.05, 0.1) is 0 Å². The molecule has 0 bridgehead atoms. The quantitative estimate of drug-likeness (QED) is 0.675. The smallest absolute Gasteiger partial charge is 0.340 e. The number of fused-ring (bicyclic) bond motifs is 1. The summed E-state index contributed by atoms with van der Waals surface area (Å²) in [6.07, 6.45) is 0. The number of aromatic amines is 1. The number of H-pyrrole nitrogens is 1. The Bertz CT molecular complexity index is 519. The summed E-state index contributed by atoms with van der Waals surface area (Å²) in [5.41, 5.74) is 6.25. The molecule has 0 radical (unpaired) electrons. The first kappa shape index (κ1) is 8.90. The second-order valence-corrected chi connectivity index (χ2v) is 3.35. The molecule has 4 nitrogen and oxygen atoms in total. The first-order valence-corrected chi connectivity index (χ1v) is 4.27. The van der Waals surface area contributed by atoms with Gasteiger partial charge in [0.25, 0.3) is 0 Å². The van der Waals surface area contributed by atoms with E-state index in [9.17, 15) is 4.79 Å². The summed E-state index contributed by atoms with van der Waals surface area (Å²) in [6.45, 7) is 0. The van der Waals surface area contributed by atoms with Crippen molar-refractivity contribution in [1.82, 2.24) is 4.98 Å². The Balaban J connectivity index is 2.84. The monoisotopic (exact) mass is 210 g/mol. The van der Waals surface area contributed by atoms with Crippen LogP contribution in [-0.4, -0.2) is 16.1 Å². The van der Waals surface area contributed by atoms with Crippen molar-refractivity contribution in [2.45, 2.75) is 0 Å². The number of aromatic carboxylic acids is 1. The molecular formula is C9H7ClN2O2. The first-order valence-electron chi connectivity index (χ1n) is 3.89. The van der Waals surface area contributed by atoms with Crippen molar-refractivity contribution >= 4 is 34.3 Å². The highest BCUT2D eigenvalue weighted by atomic mass is 35.5. The lowest BCUT2D eigenvalue weighted by Crippen LogP contribution is -1.99. The number of rotatable bonds is 1. The average molecular weight is 211 g/mol. The Morgan fingerprint density at radius 3 is 2.86 bits per heavy atom. The molecule has 0 spiro atoms. The van der Waals surface area contributed by atoms with Crippen molar-refractivity contribution in [3.8, 4) is 0 Å². The zero-order chi connectivity index (χ0) is 10.3. The third kappa shape index (κ3) is 1.20. The summed E-state index contributed by atoms with van der Waals surface area (Å²) in [6, 6.07) is 4.90. The highest BCUT2D eigenvalue weighted by Crippen LogP contribution is 2.26. The molecule has 0 fully saturated rings. The molecule has 14 heavy (non-hydrogen) atoms. The second-order valence-electron chi connectivity index (χ2n) is 2.91. The molecular weight excluding hydrogens is 204 g/mol. The van der Waals surface area contributed by atoms with Crippen LogP contribution in [0.25, 0.3) is 10.9 Å². The molecule has 4 N–H and O–H groups in total. The van der Waals surface area contributed by atoms with Gasteiger partial charge >= 0.3 is 5.97 Å². The maximum Gasteiger partial charge on any atom is 0.340 e. The number of nitrogens with two attached hydrogens (primary N) is 1. The summed E-state index contributed by atoms with van der Waals surface area (Å²) in [5.74, 6) is -0.897. The molecule has 0 aliphatic rings. The molecule has 0 aliphatic carbocycles. The summed E-state index contributed by atoms with van der Waals surface area (Å²) in [7, 11) is 0. The number of carboxylic acids is 1. The van der Waals surface area contributed by atoms with Gasteiger partial charge in [-0.25, -0.2) is 4.79 Å². The Morgan fingerprint density at radius 1 is 1.50 bits per heavy atom. The Hall–Kier alpha value is -1.68. The van der Waals surface area contributed by atoms with Crippen molar-refractivity contribution in [3.63, 3.8) is 0 Å². The van der Waals surface area contributed by atoms with Crippen LogP contribution in [0.2, 0.25) is 5.02 Å². The molecule has 0 aliphatic heterocycles. The number of benzene rings is 1. The maximum atomic E-state index is 10.8. The third-order valence-corrected chi connectivity index (χ3v) is 2.24. The molecule has 0 atom stereocenters. The van der Waals surface area contributed by atoms with Crippen LogP contribution in [-0.2, 0) is 0 Å². The van der Waals surface area contributed by atoms with Crippen LogP contribution >= 0.6 is 11.6 Å². The van der Waals surface area contributed by atoms with Gasteiger partial charge in [0.15, 0.2) is 0 Å². The minimum absolute atomic E-state index is 0.0941. The fourth-order valence-corrected chi connectivity index (χ4v) is 1.59. The number of halogens is 1. The van der Waals surface area contributed by atoms with E-state index in [0.29, 0.717) is 15.9 Å². The van der Waals surface area contributed by atoms with E-state index in [4.69, 9.17) is 22.4 Å². The van der Waals surface area contributed by atoms with Gasteiger partial charge in [0.2, 0.25) is 0 Å². The highest BCUT2D eigenvalue weighted by molar-refractivity contribution is 6.31. The van der Waals surface area contributed by atoms with Gasteiger partial charge in [-0.3, -0.25) is 0 Å². The number of carboxylic acid groups (broad SMARTS) is 1. The minimum Gasteiger partial charge on any atom is -0.478 e. The molecule has 0 amide bonds. The van der Waals surface area contributed by atoms with E-state index in [1.165, 1.54) is 0 Å². The van der Waals surface area contributed by atoms with Crippen LogP contribution in [0.3, 0.4) is 0 Å². The SMILES string of the molecule is Nc1[nH]c2cc(Cl)ccc2c1C(=O)O. The fraction of sp³-hybridized carbons (Fsp3) is 0. The van der Waals surface area contributed by atoms with E-state index in [-0.39, 0.29) is 11.4 Å². The van der Waals surface area contributed by atoms with Crippen molar-refractivity contribution in [3.05, 3.63) is 28.8 Å². The minimum atomic E-state index is -1.05. The topological polar surface area (TPSA) is 79.1 Å². The molecule has 2 aromatic rings. The largest absolute Gasteiger partial charge is 0.478 e. The van der Waals surface area contributed by atoms with Crippen LogP contribution in [0.4, 0.5) is 5.82 Å². The van der Waals surface area contributed by atoms with Gasteiger partial charge in [-0.2, -0.15) is 0 Å². The van der Waals surface area contributed by atoms with E-state index < -0.39 is 5.97 Å². The number of hydrogen-bond acceptors (Lipinski definition) is 2. The third-order valence-electron chi connectivity index (χ3n) is 2.00. The van der Waals surface area contributed by atoms with Gasteiger partial charge < -0.3 is 15.8 Å². The summed E-state index contributed by atoms with van der Waals surface area (Å²) >= 11 is 5.75. The number of aromatic nitrogens is 1. The molecule has 0 unspecified atom stereocenters. The number of nitrogen functional groups attached to an aromatic ring is 1. The van der Waals surface area contributed by atoms with Gasteiger partial charge in [0.1, 0.15) is 11.4 Å². The molecule has 5 heteroatoms. The summed E-state index contributed by atoms with van der Waals surface area (Å²) < 4.78 is 0. The summed E-state index contributed by atoms with van der Waals surface area (Å²) in [5, 5.41) is 10.00. The molecule has 72 valence electrons. The average Bonchev–Trinajstić information content (AvgIpc) is 2.39. The number of hydrogen-bond donors (Lipinski definition) is 3. The van der Waals surface area contributed by atoms with E-state index >= 15 is 0 Å². The number of carbonyl (C=O) groups is 1. The lowest BCUT2D eigenvalue weighted by molar-refractivity contribution is 0.0700. The lowest BCUT2D eigenvalue weighted by atomic mass is 10.2. The lowest BCUT2D eigenvalue weighted by Gasteiger charge is -1.93. The van der Waals surface area contributed by atoms with Crippen molar-refractivity contribution in [2.75, 3.05) is 5.73 Å². The maximum absolute atomic E-state index is 10.8. The molecule has 1 heterocycles. The van der Waals surface area contributed by atoms with Gasteiger partial charge in [0, 0.05) is 15.9 Å². The van der Waals surface area contributed by atoms with E-state index in [2.05, 4.69) is 4.98 Å². The first-order chi connectivity index (χ1) is 6.59. The zero-order valence-corrected chi connectivity index (χ0v) is 7.80. The van der Waals surface area contributed by atoms with Crippen LogP contribution < -0.4 is 5.73 Å². The van der Waals surface area contributed by atoms with Gasteiger partial charge in [-0.15, -0.1) is 0 Å². The second kappa shape index (κ2) is 2.92. The van der Waals surface area contributed by atoms with Gasteiger partial charge in [-0.05, 0) is 12.1 Å². The van der Waals surface area contributed by atoms with Crippen LogP contribution in [0, 0.1) is 0 Å². The molecule has 2 rings (SSSR count). The van der Waals surface area contributed by atoms with E-state index in [1.807, 2.05) is 0 Å². The Labute approximate surface area is 84.3 Å². The molecule has 1 aromatic carbocycles. The number of anilines is 1. The van der Waals surface area contributed by atoms with Crippen LogP contribution in [0.15, 0.2) is 18.2 Å². The number of nitrogens with one attached hydrogen (secondary N) is 1. The standard InChI is InChI=1S/C9H7ClN2O2/c10-4-1-2-5-6(3-4)12-8(11)7(5)9(13)14/h1-3,12H,11H2,(H,13,14). The predicted molar refractivity (Wildman–Crippen MR) is 54.7 cm³/mol. The van der Waals surface area contributed by atoms with Crippen molar-refractivity contribution in [2.24, 2.45) is 0 Å². The fourth-order valence-electron chi connectivity index (χ4n) is 1.42. The predicted octanol–water partition coefficient (Wildman–Crippen LogP) is 2.10. The molecule has 0 saturated heterocycles. The van der Waals surface area contributed by atoms with Crippen molar-refractivity contribution in [1.29, 1.82) is 0 Å². The Morgan fingerprint density at radius 2 is 2.21 bits per heavy atom. The normalized spacial score (nSPS) is 10.6. The Kier molecular flexibility index (Phi) is 1.86. The van der Waals surface area contributed by atoms with Crippen LogP contribution in [0.5, 0.6) is 0 Å². The molecule has 0 saturated carbocycles. The van der Waals surface area contributed by atoms with Gasteiger partial charge in [-0.1, -0.05) is 17.7 Å². The van der Waals surface area contributed by atoms with Crippen LogP contribution in [0.1, 0.15) is 10.4 Å². The van der Waals surface area contributed by atoms with Crippen molar-refractivity contribution < 1.29 is 9.90 Å².